The molecule has 1 aliphatic rings. The monoisotopic (exact) mass is 311 g/mol. The van der Waals surface area contributed by atoms with Crippen LogP contribution in [0.4, 0.5) is 0 Å². The van der Waals surface area contributed by atoms with Crippen LogP contribution in [0.25, 0.3) is 0 Å². The molecule has 3 rings (SSSR count). The van der Waals surface area contributed by atoms with E-state index in [1.807, 2.05) is 39.1 Å². The summed E-state index contributed by atoms with van der Waals surface area (Å²) in [6, 6.07) is 7.18. The van der Waals surface area contributed by atoms with E-state index in [0.29, 0.717) is 5.92 Å². The fourth-order valence-corrected chi connectivity index (χ4v) is 2.72. The van der Waals surface area contributed by atoms with E-state index in [9.17, 15) is 9.59 Å². The molecule has 1 aliphatic carbocycles. The van der Waals surface area contributed by atoms with Crippen molar-refractivity contribution >= 4 is 5.91 Å². The van der Waals surface area contributed by atoms with Crippen molar-refractivity contribution in [1.29, 1.82) is 0 Å². The number of rotatable bonds is 4. The number of carbonyl (C=O) groups is 1. The molecule has 120 valence electrons. The molecule has 0 saturated heterocycles. The molecular weight excluding hydrogens is 290 g/mol. The van der Waals surface area contributed by atoms with Crippen molar-refractivity contribution in [2.45, 2.75) is 32.7 Å². The van der Waals surface area contributed by atoms with Crippen molar-refractivity contribution < 1.29 is 4.79 Å². The van der Waals surface area contributed by atoms with E-state index >= 15 is 0 Å². The van der Waals surface area contributed by atoms with Crippen LogP contribution >= 0.6 is 0 Å². The van der Waals surface area contributed by atoms with Crippen LogP contribution < -0.4 is 10.7 Å². The molecule has 2 heterocycles. The molecule has 0 aromatic carbocycles. The van der Waals surface area contributed by atoms with Gasteiger partial charge in [-0.15, -0.1) is 0 Å². The van der Waals surface area contributed by atoms with Gasteiger partial charge in [-0.05, 0) is 44.7 Å². The minimum Gasteiger partial charge on any atom is -0.354 e. The molecular formula is C18H21N3O2. The van der Waals surface area contributed by atoms with Gasteiger partial charge in [-0.1, -0.05) is 6.07 Å². The molecule has 23 heavy (non-hydrogen) atoms. The van der Waals surface area contributed by atoms with Gasteiger partial charge in [-0.3, -0.25) is 14.6 Å². The Labute approximate surface area is 135 Å². The highest BCUT2D eigenvalue weighted by atomic mass is 16.2. The summed E-state index contributed by atoms with van der Waals surface area (Å²) < 4.78 is 1.79. The number of hydrogen-bond acceptors (Lipinski definition) is 3. The van der Waals surface area contributed by atoms with Gasteiger partial charge in [0.1, 0.15) is 5.56 Å². The molecule has 0 spiro atoms. The second kappa shape index (κ2) is 5.99. The highest BCUT2D eigenvalue weighted by molar-refractivity contribution is 5.94. The van der Waals surface area contributed by atoms with Gasteiger partial charge >= 0.3 is 0 Å². The average molecular weight is 311 g/mol. The Balaban J connectivity index is 1.88. The summed E-state index contributed by atoms with van der Waals surface area (Å²) >= 11 is 0. The maximum absolute atomic E-state index is 12.6. The van der Waals surface area contributed by atoms with Crippen molar-refractivity contribution in [3.8, 4) is 0 Å². The van der Waals surface area contributed by atoms with Crippen molar-refractivity contribution in [2.75, 3.05) is 0 Å². The van der Waals surface area contributed by atoms with Crippen LogP contribution in [0.5, 0.6) is 0 Å². The molecule has 0 bridgehead atoms. The summed E-state index contributed by atoms with van der Waals surface area (Å²) in [6.07, 6.45) is 3.75. The zero-order chi connectivity index (χ0) is 16.6. The van der Waals surface area contributed by atoms with Crippen LogP contribution in [0.3, 0.4) is 0 Å². The lowest BCUT2D eigenvalue weighted by molar-refractivity contribution is 0.0928. The Morgan fingerprint density at radius 2 is 2.09 bits per heavy atom. The number of nitrogens with zero attached hydrogens (tertiary/aromatic N) is 2. The van der Waals surface area contributed by atoms with E-state index in [1.54, 1.807) is 10.8 Å². The fourth-order valence-electron chi connectivity index (χ4n) is 2.72. The van der Waals surface area contributed by atoms with Crippen LogP contribution in [0.2, 0.25) is 0 Å². The van der Waals surface area contributed by atoms with Crippen molar-refractivity contribution in [3.05, 3.63) is 63.3 Å². The van der Waals surface area contributed by atoms with Crippen molar-refractivity contribution in [3.63, 3.8) is 0 Å². The minimum atomic E-state index is -0.328. The van der Waals surface area contributed by atoms with Crippen LogP contribution in [0.15, 0.2) is 35.3 Å². The van der Waals surface area contributed by atoms with E-state index in [0.717, 1.165) is 29.9 Å². The predicted octanol–water partition coefficient (Wildman–Crippen LogP) is 2.28. The maximum atomic E-state index is 12.6. The lowest BCUT2D eigenvalue weighted by atomic mass is 10.1. The maximum Gasteiger partial charge on any atom is 0.257 e. The lowest BCUT2D eigenvalue weighted by Crippen LogP contribution is -2.34. The Morgan fingerprint density at radius 1 is 1.35 bits per heavy atom. The molecule has 1 fully saturated rings. The SMILES string of the molecule is Cc1cccc([C@@H](NC(=O)c2cn(C)c(C)cc2=O)C2CC2)n1. The quantitative estimate of drug-likeness (QED) is 0.942. The van der Waals surface area contributed by atoms with Gasteiger partial charge in [0.05, 0.1) is 11.7 Å². The first-order valence-corrected chi connectivity index (χ1v) is 7.87. The number of carbonyl (C=O) groups excluding carboxylic acids is 1. The number of amides is 1. The largest absolute Gasteiger partial charge is 0.354 e. The summed E-state index contributed by atoms with van der Waals surface area (Å²) in [7, 11) is 1.83. The molecule has 5 nitrogen and oxygen atoms in total. The molecule has 1 atom stereocenters. The molecule has 1 N–H and O–H groups in total. The Kier molecular flexibility index (Phi) is 4.03. The molecule has 5 heteroatoms. The van der Waals surface area contributed by atoms with Gasteiger partial charge in [-0.25, -0.2) is 0 Å². The highest BCUT2D eigenvalue weighted by Crippen LogP contribution is 2.40. The second-order valence-corrected chi connectivity index (χ2v) is 6.30. The number of aromatic nitrogens is 2. The summed E-state index contributed by atoms with van der Waals surface area (Å²) in [6.45, 7) is 3.78. The zero-order valence-corrected chi connectivity index (χ0v) is 13.7. The first-order valence-electron chi connectivity index (χ1n) is 7.87. The lowest BCUT2D eigenvalue weighted by Gasteiger charge is -2.18. The van der Waals surface area contributed by atoms with E-state index in [2.05, 4.69) is 10.3 Å². The van der Waals surface area contributed by atoms with E-state index in [1.165, 1.54) is 6.07 Å². The summed E-state index contributed by atoms with van der Waals surface area (Å²) in [5.74, 6) is 0.0772. The topological polar surface area (TPSA) is 64.0 Å². The third kappa shape index (κ3) is 3.33. The first kappa shape index (κ1) is 15.5. The van der Waals surface area contributed by atoms with Crippen LogP contribution in [-0.2, 0) is 7.05 Å². The summed E-state index contributed by atoms with van der Waals surface area (Å²) in [4.78, 5) is 29.2. The Bertz CT molecular complexity index is 806. The third-order valence-corrected chi connectivity index (χ3v) is 4.34. The van der Waals surface area contributed by atoms with Gasteiger partial charge < -0.3 is 9.88 Å². The van der Waals surface area contributed by atoms with E-state index in [-0.39, 0.29) is 22.9 Å². The molecule has 1 amide bonds. The number of nitrogens with one attached hydrogen (secondary N) is 1. The molecule has 0 aliphatic heterocycles. The number of pyridine rings is 2. The zero-order valence-electron chi connectivity index (χ0n) is 13.7. The van der Waals surface area contributed by atoms with Crippen LogP contribution in [-0.4, -0.2) is 15.5 Å². The normalized spacial score (nSPS) is 15.3. The van der Waals surface area contributed by atoms with Gasteiger partial charge in [0.15, 0.2) is 5.43 Å². The smallest absolute Gasteiger partial charge is 0.257 e. The first-order chi connectivity index (χ1) is 11.0. The summed E-state index contributed by atoms with van der Waals surface area (Å²) in [5.41, 5.74) is 2.55. The van der Waals surface area contributed by atoms with Gasteiger partial charge in [0.25, 0.3) is 5.91 Å². The van der Waals surface area contributed by atoms with Gasteiger partial charge in [-0.2, -0.15) is 0 Å². The molecule has 2 aromatic rings. The predicted molar refractivity (Wildman–Crippen MR) is 88.3 cm³/mol. The van der Waals surface area contributed by atoms with Gasteiger partial charge in [0, 0.05) is 30.7 Å². The molecule has 0 unspecified atom stereocenters. The highest BCUT2D eigenvalue weighted by Gasteiger charge is 2.34. The molecule has 0 radical (unpaired) electrons. The average Bonchev–Trinajstić information content (AvgIpc) is 3.33. The molecule has 1 saturated carbocycles. The summed E-state index contributed by atoms with van der Waals surface area (Å²) in [5, 5.41) is 3.01. The van der Waals surface area contributed by atoms with Crippen LogP contribution in [0.1, 0.15) is 46.3 Å². The van der Waals surface area contributed by atoms with E-state index in [4.69, 9.17) is 0 Å². The van der Waals surface area contributed by atoms with Crippen molar-refractivity contribution in [2.24, 2.45) is 13.0 Å². The minimum absolute atomic E-state index is 0.131. The Hall–Kier alpha value is -2.43. The van der Waals surface area contributed by atoms with Gasteiger partial charge in [0.2, 0.25) is 0 Å². The molecule has 2 aromatic heterocycles. The van der Waals surface area contributed by atoms with Crippen molar-refractivity contribution in [1.82, 2.24) is 14.9 Å². The fraction of sp³-hybridized carbons (Fsp3) is 0.389. The standard InChI is InChI=1S/C18H21N3O2/c1-11-5-4-6-15(19-11)17(13-7-8-13)20-18(23)14-10-21(3)12(2)9-16(14)22/h4-6,9-10,13,17H,7-8H2,1-3H3,(H,20,23)/t17-/m0/s1. The van der Waals surface area contributed by atoms with Crippen LogP contribution in [0, 0.1) is 19.8 Å². The van der Waals surface area contributed by atoms with E-state index < -0.39 is 0 Å². The third-order valence-electron chi connectivity index (χ3n) is 4.34. The Morgan fingerprint density at radius 3 is 2.74 bits per heavy atom. The second-order valence-electron chi connectivity index (χ2n) is 6.30. The number of aryl methyl sites for hydroxylation is 3. The number of hydrogen-bond donors (Lipinski definition) is 1.